The predicted octanol–water partition coefficient (Wildman–Crippen LogP) is 3.17. The Morgan fingerprint density at radius 3 is 2.95 bits per heavy atom. The van der Waals surface area contributed by atoms with Gasteiger partial charge in [-0.2, -0.15) is 0 Å². The fourth-order valence-corrected chi connectivity index (χ4v) is 2.69. The zero-order valence-corrected chi connectivity index (χ0v) is 12.3. The molecule has 0 N–H and O–H groups in total. The lowest BCUT2D eigenvalue weighted by molar-refractivity contribution is 0.0690. The molecule has 1 saturated heterocycles. The molecule has 2 aromatic rings. The Morgan fingerprint density at radius 1 is 1.43 bits per heavy atom. The summed E-state index contributed by atoms with van der Waals surface area (Å²) in [5, 5.41) is 3.97. The van der Waals surface area contributed by atoms with Crippen LogP contribution in [0.1, 0.15) is 60.6 Å². The van der Waals surface area contributed by atoms with E-state index in [-0.39, 0.29) is 17.9 Å². The van der Waals surface area contributed by atoms with E-state index in [1.807, 2.05) is 36.9 Å². The van der Waals surface area contributed by atoms with Crippen LogP contribution in [-0.2, 0) is 0 Å². The summed E-state index contributed by atoms with van der Waals surface area (Å²) in [6.07, 6.45) is 3.69. The van der Waals surface area contributed by atoms with E-state index in [0.717, 1.165) is 30.8 Å². The Kier molecular flexibility index (Phi) is 3.73. The normalized spacial score (nSPS) is 18.4. The number of amides is 1. The molecule has 0 saturated carbocycles. The van der Waals surface area contributed by atoms with E-state index >= 15 is 0 Å². The van der Waals surface area contributed by atoms with E-state index in [1.54, 1.807) is 12.3 Å². The summed E-state index contributed by atoms with van der Waals surface area (Å²) >= 11 is 0. The molecule has 0 spiro atoms. The smallest absolute Gasteiger partial charge is 0.293 e. The molecule has 1 aliphatic rings. The van der Waals surface area contributed by atoms with Crippen LogP contribution in [0.15, 0.2) is 35.0 Å². The van der Waals surface area contributed by atoms with Gasteiger partial charge in [-0.3, -0.25) is 9.78 Å². The van der Waals surface area contributed by atoms with Crippen molar-refractivity contribution in [1.82, 2.24) is 15.0 Å². The molecule has 1 atom stereocenters. The summed E-state index contributed by atoms with van der Waals surface area (Å²) in [5.74, 6) is 0.476. The van der Waals surface area contributed by atoms with Crippen molar-refractivity contribution >= 4 is 5.91 Å². The SMILES string of the molecule is CC(C)c1cc(C(=O)N2CCC[C@@H]2c2ccccn2)on1. The molecule has 21 heavy (non-hydrogen) atoms. The third-order valence-corrected chi connectivity index (χ3v) is 3.87. The first-order valence-corrected chi connectivity index (χ1v) is 7.35. The highest BCUT2D eigenvalue weighted by Gasteiger charge is 2.33. The van der Waals surface area contributed by atoms with E-state index in [1.165, 1.54) is 0 Å². The molecule has 0 aliphatic carbocycles. The summed E-state index contributed by atoms with van der Waals surface area (Å²) in [4.78, 5) is 18.9. The Labute approximate surface area is 124 Å². The van der Waals surface area contributed by atoms with Gasteiger partial charge in [-0.15, -0.1) is 0 Å². The molecule has 1 aliphatic heterocycles. The molecular weight excluding hydrogens is 266 g/mol. The van der Waals surface area contributed by atoms with Crippen LogP contribution >= 0.6 is 0 Å². The van der Waals surface area contributed by atoms with Crippen molar-refractivity contribution in [2.75, 3.05) is 6.54 Å². The van der Waals surface area contributed by atoms with Crippen molar-refractivity contribution in [3.05, 3.63) is 47.6 Å². The lowest BCUT2D eigenvalue weighted by atomic mass is 10.1. The Bertz CT molecular complexity index is 621. The fraction of sp³-hybridized carbons (Fsp3) is 0.438. The number of rotatable bonds is 3. The molecule has 0 aromatic carbocycles. The highest BCUT2D eigenvalue weighted by atomic mass is 16.5. The van der Waals surface area contributed by atoms with Crippen molar-refractivity contribution < 1.29 is 9.32 Å². The second kappa shape index (κ2) is 5.68. The number of hydrogen-bond donors (Lipinski definition) is 0. The molecule has 0 radical (unpaired) electrons. The maximum absolute atomic E-state index is 12.6. The molecule has 1 fully saturated rings. The minimum atomic E-state index is -0.0949. The van der Waals surface area contributed by atoms with Gasteiger partial charge in [0, 0.05) is 18.8 Å². The summed E-state index contributed by atoms with van der Waals surface area (Å²) in [6, 6.07) is 7.59. The molecule has 3 heterocycles. The fourth-order valence-electron chi connectivity index (χ4n) is 2.69. The number of nitrogens with zero attached hydrogens (tertiary/aromatic N) is 3. The highest BCUT2D eigenvalue weighted by Crippen LogP contribution is 2.32. The van der Waals surface area contributed by atoms with Gasteiger partial charge in [0.1, 0.15) is 0 Å². The van der Waals surface area contributed by atoms with E-state index in [2.05, 4.69) is 10.1 Å². The Morgan fingerprint density at radius 2 is 2.29 bits per heavy atom. The second-order valence-electron chi connectivity index (χ2n) is 5.68. The zero-order valence-electron chi connectivity index (χ0n) is 12.3. The van der Waals surface area contributed by atoms with Crippen LogP contribution in [0, 0.1) is 0 Å². The van der Waals surface area contributed by atoms with Crippen LogP contribution < -0.4 is 0 Å². The topological polar surface area (TPSA) is 59.2 Å². The molecule has 0 unspecified atom stereocenters. The number of aromatic nitrogens is 2. The van der Waals surface area contributed by atoms with Gasteiger partial charge in [0.15, 0.2) is 0 Å². The molecule has 0 bridgehead atoms. The predicted molar refractivity (Wildman–Crippen MR) is 77.8 cm³/mol. The van der Waals surface area contributed by atoms with Crippen molar-refractivity contribution in [1.29, 1.82) is 0 Å². The second-order valence-corrected chi connectivity index (χ2v) is 5.68. The average Bonchev–Trinajstić information content (AvgIpc) is 3.17. The monoisotopic (exact) mass is 285 g/mol. The van der Waals surface area contributed by atoms with E-state index < -0.39 is 0 Å². The molecule has 3 rings (SSSR count). The van der Waals surface area contributed by atoms with Gasteiger partial charge in [-0.05, 0) is 30.9 Å². The standard InChI is InChI=1S/C16H19N3O2/c1-11(2)13-10-15(21-18-13)16(20)19-9-5-7-14(19)12-6-3-4-8-17-12/h3-4,6,8,10-11,14H,5,7,9H2,1-2H3/t14-/m1/s1. The first kappa shape index (κ1) is 13.8. The molecule has 5 heteroatoms. The minimum absolute atomic E-state index is 0.0336. The molecule has 110 valence electrons. The van der Waals surface area contributed by atoms with Gasteiger partial charge < -0.3 is 9.42 Å². The zero-order chi connectivity index (χ0) is 14.8. The largest absolute Gasteiger partial charge is 0.351 e. The van der Waals surface area contributed by atoms with Crippen LogP contribution in [0.2, 0.25) is 0 Å². The molecule has 1 amide bonds. The summed E-state index contributed by atoms with van der Waals surface area (Å²) in [5.41, 5.74) is 1.75. The van der Waals surface area contributed by atoms with Gasteiger partial charge in [-0.1, -0.05) is 25.1 Å². The number of pyridine rings is 1. The van der Waals surface area contributed by atoms with Gasteiger partial charge in [0.2, 0.25) is 5.76 Å². The quantitative estimate of drug-likeness (QED) is 0.869. The lowest BCUT2D eigenvalue weighted by Gasteiger charge is -2.22. The third-order valence-electron chi connectivity index (χ3n) is 3.87. The van der Waals surface area contributed by atoms with Crippen LogP contribution in [0.4, 0.5) is 0 Å². The van der Waals surface area contributed by atoms with E-state index in [0.29, 0.717) is 5.76 Å². The van der Waals surface area contributed by atoms with Gasteiger partial charge >= 0.3 is 0 Å². The van der Waals surface area contributed by atoms with Gasteiger partial charge in [-0.25, -0.2) is 0 Å². The Hall–Kier alpha value is -2.17. The first-order valence-electron chi connectivity index (χ1n) is 7.35. The van der Waals surface area contributed by atoms with Crippen LogP contribution in [0.3, 0.4) is 0 Å². The lowest BCUT2D eigenvalue weighted by Crippen LogP contribution is -2.30. The molecular formula is C16H19N3O2. The van der Waals surface area contributed by atoms with Crippen LogP contribution in [-0.4, -0.2) is 27.5 Å². The summed E-state index contributed by atoms with van der Waals surface area (Å²) in [6.45, 7) is 4.79. The summed E-state index contributed by atoms with van der Waals surface area (Å²) < 4.78 is 5.22. The third kappa shape index (κ3) is 2.68. The number of carbonyl (C=O) groups excluding carboxylic acids is 1. The Balaban J connectivity index is 1.83. The number of likely N-dealkylation sites (tertiary alicyclic amines) is 1. The molecule has 2 aromatic heterocycles. The number of hydrogen-bond acceptors (Lipinski definition) is 4. The van der Waals surface area contributed by atoms with Crippen LogP contribution in [0.25, 0.3) is 0 Å². The number of carbonyl (C=O) groups is 1. The van der Waals surface area contributed by atoms with Crippen LogP contribution in [0.5, 0.6) is 0 Å². The highest BCUT2D eigenvalue weighted by molar-refractivity contribution is 5.92. The van der Waals surface area contributed by atoms with Crippen molar-refractivity contribution in [2.24, 2.45) is 0 Å². The van der Waals surface area contributed by atoms with E-state index in [4.69, 9.17) is 4.52 Å². The van der Waals surface area contributed by atoms with Gasteiger partial charge in [0.05, 0.1) is 17.4 Å². The maximum Gasteiger partial charge on any atom is 0.293 e. The van der Waals surface area contributed by atoms with Crippen molar-refractivity contribution in [3.63, 3.8) is 0 Å². The average molecular weight is 285 g/mol. The van der Waals surface area contributed by atoms with E-state index in [9.17, 15) is 4.79 Å². The van der Waals surface area contributed by atoms with Gasteiger partial charge in [0.25, 0.3) is 5.91 Å². The molecule has 5 nitrogen and oxygen atoms in total. The van der Waals surface area contributed by atoms with Crippen molar-refractivity contribution in [2.45, 2.75) is 38.6 Å². The van der Waals surface area contributed by atoms with Crippen molar-refractivity contribution in [3.8, 4) is 0 Å². The summed E-state index contributed by atoms with van der Waals surface area (Å²) in [7, 11) is 0. The first-order chi connectivity index (χ1) is 10.2. The maximum atomic E-state index is 12.6. The minimum Gasteiger partial charge on any atom is -0.351 e.